The molecule has 2 aliphatic carbocycles. The molecule has 0 aromatic rings. The van der Waals surface area contributed by atoms with E-state index >= 15 is 0 Å². The van der Waals surface area contributed by atoms with E-state index in [2.05, 4.69) is 47.5 Å². The van der Waals surface area contributed by atoms with Crippen LogP contribution in [0.25, 0.3) is 0 Å². The average molecular weight is 278 g/mol. The summed E-state index contributed by atoms with van der Waals surface area (Å²) in [4.78, 5) is 0. The third kappa shape index (κ3) is 5.35. The van der Waals surface area contributed by atoms with E-state index in [1.165, 1.54) is 0 Å². The first kappa shape index (κ1) is 15.1. The van der Waals surface area contributed by atoms with Crippen molar-refractivity contribution in [2.45, 2.75) is 12.8 Å². The highest BCUT2D eigenvalue weighted by Crippen LogP contribution is 2.13. The molecule has 2 aliphatic rings. The van der Waals surface area contributed by atoms with Crippen LogP contribution in [0.3, 0.4) is 0 Å². The molecule has 0 nitrogen and oxygen atoms in total. The minimum Gasteiger partial charge on any atom is -0.106 e. The van der Waals surface area contributed by atoms with Crippen LogP contribution in [0.5, 0.6) is 0 Å². The topological polar surface area (TPSA) is 0 Å². The molecule has 0 amide bonds. The second-order valence-electron chi connectivity index (χ2n) is 4.55. The third-order valence-electron chi connectivity index (χ3n) is 2.88. The van der Waals surface area contributed by atoms with Crippen molar-refractivity contribution in [2.75, 3.05) is 0 Å². The van der Waals surface area contributed by atoms with E-state index in [9.17, 15) is 0 Å². The van der Waals surface area contributed by atoms with Crippen molar-refractivity contribution in [1.82, 2.24) is 0 Å². The Bertz CT molecular complexity index is 837. The van der Waals surface area contributed by atoms with Crippen LogP contribution in [-0.2, 0) is 0 Å². The van der Waals surface area contributed by atoms with E-state index in [0.29, 0.717) is 6.42 Å². The van der Waals surface area contributed by atoms with E-state index < -0.39 is 0 Å². The Labute approximate surface area is 132 Å². The minimum atomic E-state index is 0.685. The van der Waals surface area contributed by atoms with Crippen LogP contribution >= 0.6 is 0 Å². The van der Waals surface area contributed by atoms with E-state index in [-0.39, 0.29) is 0 Å². The Morgan fingerprint density at radius 1 is 0.682 bits per heavy atom. The number of rotatable bonds is 0. The van der Waals surface area contributed by atoms with Gasteiger partial charge in [-0.1, -0.05) is 72.4 Å². The summed E-state index contributed by atoms with van der Waals surface area (Å²) in [6.07, 6.45) is 24.6. The van der Waals surface area contributed by atoms with E-state index in [1.54, 1.807) is 0 Å². The lowest BCUT2D eigenvalue weighted by Crippen LogP contribution is -1.82. The minimum absolute atomic E-state index is 0.685. The van der Waals surface area contributed by atoms with Crippen LogP contribution in [0.1, 0.15) is 12.8 Å². The fraction of sp³-hybridized carbons (Fsp3) is 0.0909. The summed E-state index contributed by atoms with van der Waals surface area (Å²) in [5.74, 6) is 19.9. The van der Waals surface area contributed by atoms with E-state index in [1.807, 2.05) is 48.6 Å². The van der Waals surface area contributed by atoms with Crippen LogP contribution in [0.2, 0.25) is 0 Å². The van der Waals surface area contributed by atoms with Crippen molar-refractivity contribution in [3.05, 3.63) is 71.4 Å². The zero-order chi connectivity index (χ0) is 15.5. The maximum atomic E-state index is 5.16. The molecule has 0 saturated heterocycles. The zero-order valence-corrected chi connectivity index (χ0v) is 12.2. The molecule has 0 aliphatic heterocycles. The molecule has 0 unspecified atom stereocenters. The van der Waals surface area contributed by atoms with E-state index in [4.69, 9.17) is 6.42 Å². The molecule has 0 heteroatoms. The third-order valence-corrected chi connectivity index (χ3v) is 2.88. The number of hydrogen-bond acceptors (Lipinski definition) is 0. The summed E-state index contributed by atoms with van der Waals surface area (Å²) >= 11 is 0. The monoisotopic (exact) mass is 278 g/mol. The SMILES string of the molecule is C#CC#CC1=CC=CC=C(C#CC#CC2=CC=CC=CC2)C1. The predicted octanol–water partition coefficient (Wildman–Crippen LogP) is 3.89. The van der Waals surface area contributed by atoms with Crippen molar-refractivity contribution in [2.24, 2.45) is 0 Å². The quantitative estimate of drug-likeness (QED) is 0.590. The molecule has 0 heterocycles. The molecular weight excluding hydrogens is 264 g/mol. The summed E-state index contributed by atoms with van der Waals surface area (Å²) in [5.41, 5.74) is 3.01. The van der Waals surface area contributed by atoms with Gasteiger partial charge < -0.3 is 0 Å². The lowest BCUT2D eigenvalue weighted by atomic mass is 10.1. The molecule has 0 aromatic carbocycles. The zero-order valence-electron chi connectivity index (χ0n) is 12.2. The molecule has 102 valence electrons. The second-order valence-corrected chi connectivity index (χ2v) is 4.55. The molecule has 0 bridgehead atoms. The van der Waals surface area contributed by atoms with Gasteiger partial charge in [0, 0.05) is 23.1 Å². The summed E-state index contributed by atoms with van der Waals surface area (Å²) in [6, 6.07) is 0. The summed E-state index contributed by atoms with van der Waals surface area (Å²) < 4.78 is 0. The Balaban J connectivity index is 2.05. The van der Waals surface area contributed by atoms with Gasteiger partial charge >= 0.3 is 0 Å². The average Bonchev–Trinajstić information content (AvgIpc) is 2.92. The molecule has 0 saturated carbocycles. The molecule has 2 rings (SSSR count). The summed E-state index contributed by atoms with van der Waals surface area (Å²) in [7, 11) is 0. The maximum Gasteiger partial charge on any atom is 0.0135 e. The Hall–Kier alpha value is -3.32. The van der Waals surface area contributed by atoms with Gasteiger partial charge in [-0.3, -0.25) is 0 Å². The first-order valence-corrected chi connectivity index (χ1v) is 6.96. The predicted molar refractivity (Wildman–Crippen MR) is 93.1 cm³/mol. The van der Waals surface area contributed by atoms with Crippen LogP contribution < -0.4 is 0 Å². The lowest BCUT2D eigenvalue weighted by molar-refractivity contribution is 1.25. The van der Waals surface area contributed by atoms with E-state index in [0.717, 1.165) is 23.1 Å². The van der Waals surface area contributed by atoms with Crippen LogP contribution in [-0.4, -0.2) is 0 Å². The Morgan fingerprint density at radius 3 is 2.00 bits per heavy atom. The van der Waals surface area contributed by atoms with Crippen molar-refractivity contribution in [3.8, 4) is 47.9 Å². The number of allylic oxidation sites excluding steroid dienone is 12. The molecule has 22 heavy (non-hydrogen) atoms. The lowest BCUT2D eigenvalue weighted by Gasteiger charge is -1.95. The van der Waals surface area contributed by atoms with Crippen LogP contribution in [0.4, 0.5) is 0 Å². The first-order chi connectivity index (χ1) is 10.9. The number of hydrogen-bond donors (Lipinski definition) is 0. The smallest absolute Gasteiger partial charge is 0.0135 e. The molecule has 0 N–H and O–H groups in total. The van der Waals surface area contributed by atoms with Gasteiger partial charge in [-0.2, -0.15) is 0 Å². The molecule has 0 aromatic heterocycles. The standard InChI is InChI=1S/C22H14/c1-2-3-12-21-16-10-11-18-22(19-21)17-9-8-15-20-13-6-4-5-7-14-20/h1,4-7,10-11,13,16,18H,14,19H2. The molecular formula is C22H14. The Kier molecular flexibility index (Phi) is 6.01. The van der Waals surface area contributed by atoms with Crippen molar-refractivity contribution >= 4 is 0 Å². The normalized spacial score (nSPS) is 15.0. The highest BCUT2D eigenvalue weighted by molar-refractivity contribution is 5.49. The number of terminal acetylenes is 1. The summed E-state index contributed by atoms with van der Waals surface area (Å²) in [5, 5.41) is 0. The molecule has 0 radical (unpaired) electrons. The first-order valence-electron chi connectivity index (χ1n) is 6.96. The van der Waals surface area contributed by atoms with Gasteiger partial charge in [0.2, 0.25) is 0 Å². The van der Waals surface area contributed by atoms with Crippen molar-refractivity contribution in [3.63, 3.8) is 0 Å². The van der Waals surface area contributed by atoms with Crippen molar-refractivity contribution in [1.29, 1.82) is 0 Å². The van der Waals surface area contributed by atoms with Gasteiger partial charge in [0.1, 0.15) is 0 Å². The Morgan fingerprint density at radius 2 is 1.27 bits per heavy atom. The largest absolute Gasteiger partial charge is 0.106 e. The molecule has 0 atom stereocenters. The maximum absolute atomic E-state index is 5.16. The summed E-state index contributed by atoms with van der Waals surface area (Å²) in [6.45, 7) is 0. The fourth-order valence-corrected chi connectivity index (χ4v) is 1.85. The van der Waals surface area contributed by atoms with Gasteiger partial charge in [0.25, 0.3) is 0 Å². The van der Waals surface area contributed by atoms with Crippen molar-refractivity contribution < 1.29 is 0 Å². The van der Waals surface area contributed by atoms with Gasteiger partial charge in [-0.25, -0.2) is 0 Å². The fourth-order valence-electron chi connectivity index (χ4n) is 1.85. The van der Waals surface area contributed by atoms with Crippen LogP contribution in [0, 0.1) is 47.9 Å². The van der Waals surface area contributed by atoms with Gasteiger partial charge in [0.05, 0.1) is 0 Å². The molecule has 0 spiro atoms. The van der Waals surface area contributed by atoms with Gasteiger partial charge in [0.15, 0.2) is 0 Å². The van der Waals surface area contributed by atoms with Gasteiger partial charge in [-0.15, -0.1) is 6.42 Å². The highest BCUT2D eigenvalue weighted by Gasteiger charge is 1.98. The van der Waals surface area contributed by atoms with Crippen LogP contribution in [0.15, 0.2) is 71.4 Å². The van der Waals surface area contributed by atoms with Gasteiger partial charge in [-0.05, 0) is 30.1 Å². The highest BCUT2D eigenvalue weighted by atomic mass is 14.0. The second kappa shape index (κ2) is 8.77. The molecule has 0 fully saturated rings.